The van der Waals surface area contributed by atoms with Gasteiger partial charge in [-0.15, -0.1) is 0 Å². The molecular formula is C22H24BrN3O4. The van der Waals surface area contributed by atoms with E-state index in [0.717, 1.165) is 27.6 Å². The number of hydrogen-bond donors (Lipinski definition) is 0. The molecule has 0 saturated heterocycles. The third kappa shape index (κ3) is 4.33. The van der Waals surface area contributed by atoms with Gasteiger partial charge in [0.2, 0.25) is 5.91 Å². The number of aryl methyl sites for hydroxylation is 1. The van der Waals surface area contributed by atoms with Gasteiger partial charge in [-0.05, 0) is 52.2 Å². The Morgan fingerprint density at radius 1 is 1.23 bits per heavy atom. The van der Waals surface area contributed by atoms with E-state index in [-0.39, 0.29) is 24.4 Å². The first-order valence-electron chi connectivity index (χ1n) is 9.55. The molecule has 0 fully saturated rings. The molecule has 7 nitrogen and oxygen atoms in total. The van der Waals surface area contributed by atoms with Crippen molar-refractivity contribution >= 4 is 39.2 Å². The van der Waals surface area contributed by atoms with Crippen molar-refractivity contribution in [3.05, 3.63) is 63.0 Å². The fourth-order valence-corrected chi connectivity index (χ4v) is 4.15. The largest absolute Gasteiger partial charge is 0.497 e. The average molecular weight is 474 g/mol. The number of aromatic nitrogens is 2. The highest BCUT2D eigenvalue weighted by atomic mass is 79.9. The number of carbonyl (C=O) groups is 2. The SMILES string of the molecule is COc1ccc(CN(C)C(=O)CCC(C=O)n2c(=O)n(C)c3c(Br)cccc32)cc1. The van der Waals surface area contributed by atoms with E-state index in [1.807, 2.05) is 36.4 Å². The van der Waals surface area contributed by atoms with Crippen molar-refractivity contribution in [2.24, 2.45) is 7.05 Å². The number of benzene rings is 2. The van der Waals surface area contributed by atoms with Gasteiger partial charge in [-0.25, -0.2) is 4.79 Å². The summed E-state index contributed by atoms with van der Waals surface area (Å²) in [6, 6.07) is 12.3. The summed E-state index contributed by atoms with van der Waals surface area (Å²) < 4.78 is 8.89. The lowest BCUT2D eigenvalue weighted by atomic mass is 10.1. The van der Waals surface area contributed by atoms with Gasteiger partial charge in [0.15, 0.2) is 0 Å². The van der Waals surface area contributed by atoms with Crippen molar-refractivity contribution in [2.75, 3.05) is 14.2 Å². The topological polar surface area (TPSA) is 73.5 Å². The van der Waals surface area contributed by atoms with E-state index < -0.39 is 6.04 Å². The molecule has 0 radical (unpaired) electrons. The number of ether oxygens (including phenoxy) is 1. The maximum Gasteiger partial charge on any atom is 0.329 e. The molecule has 1 aromatic heterocycles. The maximum absolute atomic E-state index is 12.8. The van der Waals surface area contributed by atoms with E-state index in [1.165, 1.54) is 9.13 Å². The highest BCUT2D eigenvalue weighted by molar-refractivity contribution is 9.10. The van der Waals surface area contributed by atoms with Crippen LogP contribution in [0.15, 0.2) is 51.7 Å². The van der Waals surface area contributed by atoms with E-state index in [4.69, 9.17) is 4.74 Å². The van der Waals surface area contributed by atoms with Gasteiger partial charge in [-0.3, -0.25) is 13.9 Å². The number of aldehydes is 1. The minimum absolute atomic E-state index is 0.0906. The van der Waals surface area contributed by atoms with Crippen LogP contribution in [0.1, 0.15) is 24.4 Å². The number of nitrogens with zero attached hydrogens (tertiary/aromatic N) is 3. The fraction of sp³-hybridized carbons (Fsp3) is 0.318. The van der Waals surface area contributed by atoms with Crippen LogP contribution in [-0.4, -0.2) is 40.4 Å². The zero-order valence-corrected chi connectivity index (χ0v) is 18.8. The molecule has 0 N–H and O–H groups in total. The summed E-state index contributed by atoms with van der Waals surface area (Å²) >= 11 is 3.46. The summed E-state index contributed by atoms with van der Waals surface area (Å²) in [4.78, 5) is 38.8. The molecule has 2 aromatic carbocycles. The van der Waals surface area contributed by atoms with Gasteiger partial charge in [0.25, 0.3) is 0 Å². The Morgan fingerprint density at radius 3 is 2.57 bits per heavy atom. The molecule has 3 rings (SSSR count). The van der Waals surface area contributed by atoms with E-state index in [0.29, 0.717) is 12.1 Å². The van der Waals surface area contributed by atoms with E-state index in [1.54, 1.807) is 32.2 Å². The van der Waals surface area contributed by atoms with Gasteiger partial charge in [0, 0.05) is 31.5 Å². The smallest absolute Gasteiger partial charge is 0.329 e. The van der Waals surface area contributed by atoms with Crippen molar-refractivity contribution < 1.29 is 14.3 Å². The van der Waals surface area contributed by atoms with Crippen LogP contribution in [0, 0.1) is 0 Å². The second kappa shape index (κ2) is 9.30. The predicted octanol–water partition coefficient (Wildman–Crippen LogP) is 3.29. The highest BCUT2D eigenvalue weighted by Gasteiger charge is 2.21. The number of para-hydroxylation sites is 1. The number of carbonyl (C=O) groups excluding carboxylic acids is 2. The normalized spacial score (nSPS) is 12.0. The van der Waals surface area contributed by atoms with Gasteiger partial charge in [-0.2, -0.15) is 0 Å². The molecule has 0 bridgehead atoms. The molecule has 1 amide bonds. The lowest BCUT2D eigenvalue weighted by Gasteiger charge is -2.19. The number of hydrogen-bond acceptors (Lipinski definition) is 4. The van der Waals surface area contributed by atoms with Crippen molar-refractivity contribution in [3.63, 3.8) is 0 Å². The molecule has 0 aliphatic carbocycles. The van der Waals surface area contributed by atoms with Crippen LogP contribution in [0.2, 0.25) is 0 Å². The van der Waals surface area contributed by atoms with Crippen molar-refractivity contribution in [3.8, 4) is 5.75 Å². The van der Waals surface area contributed by atoms with Gasteiger partial charge in [-0.1, -0.05) is 18.2 Å². The van der Waals surface area contributed by atoms with Crippen LogP contribution < -0.4 is 10.4 Å². The van der Waals surface area contributed by atoms with Crippen molar-refractivity contribution in [1.82, 2.24) is 14.0 Å². The molecule has 0 aliphatic rings. The van der Waals surface area contributed by atoms with Crippen molar-refractivity contribution in [2.45, 2.75) is 25.4 Å². The maximum atomic E-state index is 12.8. The molecule has 3 aromatic rings. The van der Waals surface area contributed by atoms with Gasteiger partial charge < -0.3 is 14.4 Å². The third-order valence-corrected chi connectivity index (χ3v) is 5.84. The molecule has 0 spiro atoms. The van der Waals surface area contributed by atoms with E-state index in [9.17, 15) is 14.4 Å². The second-order valence-electron chi connectivity index (χ2n) is 7.16. The van der Waals surface area contributed by atoms with Gasteiger partial charge >= 0.3 is 5.69 Å². The summed E-state index contributed by atoms with van der Waals surface area (Å²) in [5.41, 5.74) is 2.08. The Balaban J connectivity index is 1.72. The van der Waals surface area contributed by atoms with Gasteiger partial charge in [0.1, 0.15) is 12.0 Å². The number of fused-ring (bicyclic) bond motifs is 1. The molecule has 1 atom stereocenters. The van der Waals surface area contributed by atoms with Gasteiger partial charge in [0.05, 0.1) is 24.2 Å². The molecule has 1 heterocycles. The highest BCUT2D eigenvalue weighted by Crippen LogP contribution is 2.25. The lowest BCUT2D eigenvalue weighted by Crippen LogP contribution is -2.30. The number of methoxy groups -OCH3 is 1. The van der Waals surface area contributed by atoms with Crippen LogP contribution in [0.25, 0.3) is 11.0 Å². The molecular weight excluding hydrogens is 450 g/mol. The first-order valence-corrected chi connectivity index (χ1v) is 10.3. The monoisotopic (exact) mass is 473 g/mol. The van der Waals surface area contributed by atoms with Crippen molar-refractivity contribution in [1.29, 1.82) is 0 Å². The van der Waals surface area contributed by atoms with Crippen LogP contribution in [0.3, 0.4) is 0 Å². The minimum atomic E-state index is -0.714. The van der Waals surface area contributed by atoms with Crippen LogP contribution in [0.5, 0.6) is 5.75 Å². The first kappa shape index (κ1) is 21.8. The zero-order chi connectivity index (χ0) is 21.8. The summed E-state index contributed by atoms with van der Waals surface area (Å²) in [5.74, 6) is 0.667. The molecule has 8 heteroatoms. The number of rotatable bonds is 8. The average Bonchev–Trinajstić information content (AvgIpc) is 3.00. The van der Waals surface area contributed by atoms with Crippen LogP contribution in [0.4, 0.5) is 0 Å². The third-order valence-electron chi connectivity index (χ3n) is 5.20. The van der Waals surface area contributed by atoms with Crippen LogP contribution in [-0.2, 0) is 23.2 Å². The van der Waals surface area contributed by atoms with E-state index >= 15 is 0 Å². The number of amides is 1. The Morgan fingerprint density at radius 2 is 1.93 bits per heavy atom. The Hall–Kier alpha value is -2.87. The minimum Gasteiger partial charge on any atom is -0.497 e. The van der Waals surface area contributed by atoms with Crippen LogP contribution >= 0.6 is 15.9 Å². The quantitative estimate of drug-likeness (QED) is 0.470. The predicted molar refractivity (Wildman–Crippen MR) is 119 cm³/mol. The number of imidazole rings is 1. The molecule has 158 valence electrons. The van der Waals surface area contributed by atoms with E-state index in [2.05, 4.69) is 15.9 Å². The summed E-state index contributed by atoms with van der Waals surface area (Å²) in [7, 11) is 5.00. The molecule has 30 heavy (non-hydrogen) atoms. The second-order valence-corrected chi connectivity index (χ2v) is 8.01. The lowest BCUT2D eigenvalue weighted by molar-refractivity contribution is -0.130. The summed E-state index contributed by atoms with van der Waals surface area (Å²) in [6.07, 6.45) is 1.15. The molecule has 0 aliphatic heterocycles. The first-order chi connectivity index (χ1) is 14.4. The zero-order valence-electron chi connectivity index (χ0n) is 17.2. The standard InChI is InChI=1S/C22H24BrN3O4/c1-24(13-15-7-10-17(30-3)11-8-15)20(28)12-9-16(14-27)26-19-6-4-5-18(23)21(19)25(2)22(26)29/h4-8,10-11,14,16H,9,12-13H2,1-3H3. The summed E-state index contributed by atoms with van der Waals surface area (Å²) in [5, 5.41) is 0. The number of halogens is 1. The Labute approximate surface area is 183 Å². The summed E-state index contributed by atoms with van der Waals surface area (Å²) in [6.45, 7) is 0.454. The molecule has 0 saturated carbocycles. The Bertz CT molecular complexity index is 1120. The molecule has 1 unspecified atom stereocenters. The fourth-order valence-electron chi connectivity index (χ4n) is 3.52. The Kier molecular flexibility index (Phi) is 6.77.